The van der Waals surface area contributed by atoms with Crippen LogP contribution in [0.3, 0.4) is 0 Å². The molecule has 0 spiro atoms. The molecule has 2 aromatic rings. The SMILES string of the molecule is CN[C@H]1CC[C@@](C)(c2ccc([ClH+])c(Cl)c2)c2ccc(N)cc21. The second kappa shape index (κ2) is 5.77. The Labute approximate surface area is 141 Å². The minimum absolute atomic E-state index is 0.0664. The Bertz CT molecular complexity index is 714. The normalized spacial score (nSPS) is 24.1. The second-order valence-electron chi connectivity index (χ2n) is 6.20. The lowest BCUT2D eigenvalue weighted by atomic mass is 9.66. The number of anilines is 1. The largest absolute Gasteiger partial charge is 0.399 e. The number of benzene rings is 2. The van der Waals surface area contributed by atoms with E-state index in [1.807, 2.05) is 25.2 Å². The van der Waals surface area contributed by atoms with Crippen LogP contribution < -0.4 is 11.1 Å². The van der Waals surface area contributed by atoms with Gasteiger partial charge in [0.2, 0.25) is 5.02 Å². The first kappa shape index (κ1) is 15.7. The summed E-state index contributed by atoms with van der Waals surface area (Å²) < 4.78 is 0. The van der Waals surface area contributed by atoms with Crippen LogP contribution in [0, 0.1) is 11.6 Å². The van der Waals surface area contributed by atoms with Gasteiger partial charge in [-0.05, 0) is 54.8 Å². The van der Waals surface area contributed by atoms with E-state index in [1.54, 1.807) is 0 Å². The van der Waals surface area contributed by atoms with Crippen LogP contribution in [0.15, 0.2) is 36.4 Å². The van der Waals surface area contributed by atoms with E-state index >= 15 is 0 Å². The molecule has 116 valence electrons. The molecule has 0 amide bonds. The summed E-state index contributed by atoms with van der Waals surface area (Å²) in [7, 11) is 2.00. The smallest absolute Gasteiger partial charge is 0.244 e. The van der Waals surface area contributed by atoms with Crippen molar-refractivity contribution in [3.05, 3.63) is 63.1 Å². The van der Waals surface area contributed by atoms with Crippen molar-refractivity contribution in [1.29, 1.82) is 0 Å². The summed E-state index contributed by atoms with van der Waals surface area (Å²) in [5.74, 6) is 0. The van der Waals surface area contributed by atoms with E-state index in [1.165, 1.54) is 16.7 Å². The van der Waals surface area contributed by atoms with Crippen LogP contribution in [0.4, 0.5) is 5.69 Å². The summed E-state index contributed by atoms with van der Waals surface area (Å²) in [5.41, 5.74) is 10.6. The molecular weight excluding hydrogens is 315 g/mol. The highest BCUT2D eigenvalue weighted by Gasteiger charge is 2.37. The van der Waals surface area contributed by atoms with Crippen LogP contribution in [0.5, 0.6) is 0 Å². The lowest BCUT2D eigenvalue weighted by Crippen LogP contribution is -2.34. The van der Waals surface area contributed by atoms with Gasteiger partial charge in [-0.15, -0.1) is 0 Å². The fourth-order valence-corrected chi connectivity index (χ4v) is 3.85. The molecule has 0 aromatic heterocycles. The molecule has 0 aliphatic heterocycles. The zero-order valence-electron chi connectivity index (χ0n) is 12.8. The third-order valence-electron chi connectivity index (χ3n) is 4.90. The molecule has 3 rings (SSSR count). The molecule has 2 nitrogen and oxygen atoms in total. The molecule has 1 aliphatic rings. The van der Waals surface area contributed by atoms with Crippen LogP contribution in [0.25, 0.3) is 0 Å². The van der Waals surface area contributed by atoms with E-state index in [0.29, 0.717) is 16.1 Å². The number of rotatable bonds is 2. The van der Waals surface area contributed by atoms with Crippen molar-refractivity contribution in [3.63, 3.8) is 0 Å². The predicted molar refractivity (Wildman–Crippen MR) is 90.3 cm³/mol. The summed E-state index contributed by atoms with van der Waals surface area (Å²) in [5, 5.41) is 4.76. The molecule has 0 saturated carbocycles. The first-order valence-corrected chi connectivity index (χ1v) is 8.28. The molecule has 0 unspecified atom stereocenters. The van der Waals surface area contributed by atoms with Gasteiger partial charge in [-0.1, -0.05) is 30.7 Å². The van der Waals surface area contributed by atoms with Crippen LogP contribution >= 0.6 is 11.6 Å². The van der Waals surface area contributed by atoms with Gasteiger partial charge in [-0.2, -0.15) is 0 Å². The van der Waals surface area contributed by atoms with E-state index in [4.69, 9.17) is 28.9 Å². The maximum absolute atomic E-state index is 6.27. The van der Waals surface area contributed by atoms with Gasteiger partial charge >= 0.3 is 0 Å². The highest BCUT2D eigenvalue weighted by Crippen LogP contribution is 2.47. The summed E-state index contributed by atoms with van der Waals surface area (Å²) in [6, 6.07) is 12.6. The molecule has 0 radical (unpaired) electrons. The van der Waals surface area contributed by atoms with Crippen LogP contribution in [0.1, 0.15) is 42.5 Å². The van der Waals surface area contributed by atoms with Gasteiger partial charge in [0, 0.05) is 23.2 Å². The number of hydrogen-bond acceptors (Lipinski definition) is 2. The molecule has 1 aliphatic carbocycles. The van der Waals surface area contributed by atoms with Crippen molar-refractivity contribution >= 4 is 17.3 Å². The number of nitrogens with one attached hydrogen (secondary N) is 1. The Morgan fingerprint density at radius 3 is 2.73 bits per heavy atom. The molecule has 0 heterocycles. The number of nitrogens with two attached hydrogens (primary N) is 1. The summed E-state index contributed by atoms with van der Waals surface area (Å²) >= 11 is 11.5. The van der Waals surface area contributed by atoms with Gasteiger partial charge in [-0.3, -0.25) is 0 Å². The average Bonchev–Trinajstić information content (AvgIpc) is 2.50. The second-order valence-corrected chi connectivity index (χ2v) is 7.05. The Kier molecular flexibility index (Phi) is 4.11. The predicted octanol–water partition coefficient (Wildman–Crippen LogP) is 3.98. The molecule has 2 atom stereocenters. The standard InChI is InChI=1S/C18H21Cl2N2/c1-18(11-3-6-15(19)16(20)9-11)8-7-17(22-2)13-10-12(21)4-5-14(13)18/h3-6,9-10,17,19,22H,7-8,21H2,1-2H3/q+1/t17-,18-/m0/s1. The van der Waals surface area contributed by atoms with Gasteiger partial charge in [0.1, 0.15) is 5.02 Å². The lowest BCUT2D eigenvalue weighted by molar-refractivity contribution is -0.288. The first-order chi connectivity index (χ1) is 10.5. The summed E-state index contributed by atoms with van der Waals surface area (Å²) in [6.07, 6.45) is 2.12. The van der Waals surface area contributed by atoms with Gasteiger partial charge < -0.3 is 11.1 Å². The molecule has 0 fully saturated rings. The maximum Gasteiger partial charge on any atom is 0.244 e. The van der Waals surface area contributed by atoms with Crippen molar-refractivity contribution in [2.45, 2.75) is 31.2 Å². The number of halogens is 2. The molecule has 2 aromatic carbocycles. The van der Waals surface area contributed by atoms with Gasteiger partial charge in [-0.25, -0.2) is 0 Å². The topological polar surface area (TPSA) is 38.0 Å². The molecular formula is C18H21Cl2N2+. The minimum Gasteiger partial charge on any atom is -0.399 e. The average molecular weight is 336 g/mol. The van der Waals surface area contributed by atoms with Crippen molar-refractivity contribution < 1.29 is 11.6 Å². The number of fused-ring (bicyclic) bond motifs is 1. The van der Waals surface area contributed by atoms with Crippen LogP contribution in [0.2, 0.25) is 10.0 Å². The third kappa shape index (κ3) is 2.50. The van der Waals surface area contributed by atoms with E-state index < -0.39 is 0 Å². The zero-order chi connectivity index (χ0) is 15.9. The number of hydrogen-bond donors (Lipinski definition) is 2. The van der Waals surface area contributed by atoms with Gasteiger partial charge in [0.05, 0.1) is 0 Å². The Morgan fingerprint density at radius 2 is 2.05 bits per heavy atom. The molecule has 0 bridgehead atoms. The van der Waals surface area contributed by atoms with E-state index in [9.17, 15) is 0 Å². The fraction of sp³-hybridized carbons (Fsp3) is 0.333. The molecule has 22 heavy (non-hydrogen) atoms. The van der Waals surface area contributed by atoms with Crippen molar-refractivity contribution in [2.24, 2.45) is 0 Å². The van der Waals surface area contributed by atoms with E-state index in [2.05, 4.69) is 30.4 Å². The van der Waals surface area contributed by atoms with E-state index in [-0.39, 0.29) is 5.41 Å². The van der Waals surface area contributed by atoms with Crippen molar-refractivity contribution in [3.8, 4) is 0 Å². The molecule has 3 N–H and O–H groups in total. The highest BCUT2D eigenvalue weighted by molar-refractivity contribution is 6.31. The van der Waals surface area contributed by atoms with Crippen molar-refractivity contribution in [2.75, 3.05) is 12.8 Å². The molecule has 0 saturated heterocycles. The van der Waals surface area contributed by atoms with Crippen molar-refractivity contribution in [1.82, 2.24) is 5.32 Å². The zero-order valence-corrected chi connectivity index (χ0v) is 14.4. The lowest BCUT2D eigenvalue weighted by Gasteiger charge is -2.40. The summed E-state index contributed by atoms with van der Waals surface area (Å²) in [4.78, 5) is 0. The van der Waals surface area contributed by atoms with Crippen LogP contribution in [-0.4, -0.2) is 7.05 Å². The Balaban J connectivity index is 2.17. The van der Waals surface area contributed by atoms with E-state index in [0.717, 1.165) is 18.5 Å². The Hall–Kier alpha value is -1.22. The quantitative estimate of drug-likeness (QED) is 0.814. The summed E-state index contributed by atoms with van der Waals surface area (Å²) in [6.45, 7) is 2.28. The monoisotopic (exact) mass is 335 g/mol. The maximum atomic E-state index is 6.27. The van der Waals surface area contributed by atoms with Crippen LogP contribution in [-0.2, 0) is 5.41 Å². The first-order valence-electron chi connectivity index (χ1n) is 7.50. The number of nitrogen functional groups attached to an aromatic ring is 1. The molecule has 4 heteroatoms. The Morgan fingerprint density at radius 1 is 1.27 bits per heavy atom. The third-order valence-corrected chi connectivity index (χ3v) is 5.68. The fourth-order valence-electron chi connectivity index (χ4n) is 3.54. The van der Waals surface area contributed by atoms with Gasteiger partial charge in [0.15, 0.2) is 11.6 Å². The highest BCUT2D eigenvalue weighted by atomic mass is 35.5. The van der Waals surface area contributed by atoms with Gasteiger partial charge in [0.25, 0.3) is 0 Å². The minimum atomic E-state index is -0.0664.